The van der Waals surface area contributed by atoms with Gasteiger partial charge in [0.05, 0.1) is 0 Å². The molecule has 0 heterocycles. The number of hydrogen-bond acceptors (Lipinski definition) is 22. The fraction of sp³-hybridized carbons (Fsp3) is 1.00. The summed E-state index contributed by atoms with van der Waals surface area (Å²) >= 11 is 0. The Hall–Kier alpha value is 7.74. The SMILES string of the molecule is O=P([O-])([O-])CN(CCN(CCN(CP(=O)([O-])[O-])CP(=O)([O-])[O-])CP(=O)([O-])[O-])CCN(CP(=O)([O-])[O-])CP(=O)([O-])[O-].[Na+].[Na+].[Na+].[Na+].[Na+].[Na+].[Na+]. The molecule has 35 heteroatoms. The molecule has 0 fully saturated rings. The average molecular weight is 859 g/mol. The average Bonchev–Trinajstić information content (AvgIpc) is 2.60. The quantitative estimate of drug-likeness (QED) is 0.0764. The van der Waals surface area contributed by atoms with E-state index in [9.17, 15) is 86.1 Å². The minimum absolute atomic E-state index is 0. The van der Waals surface area contributed by atoms with Crippen molar-refractivity contribution in [2.75, 3.05) is 77.0 Å². The van der Waals surface area contributed by atoms with Gasteiger partial charge in [-0.15, -0.1) is 0 Å². The van der Waals surface area contributed by atoms with Gasteiger partial charge in [-0.3, -0.25) is 19.6 Å². The summed E-state index contributed by atoms with van der Waals surface area (Å²) in [5.41, 5.74) is 0. The fourth-order valence-electron chi connectivity index (χ4n) is 3.20. The molecule has 0 rings (SSSR count). The van der Waals surface area contributed by atoms with Gasteiger partial charge in [0.1, 0.15) is 0 Å². The third kappa shape index (κ3) is 51.7. The first-order valence-corrected chi connectivity index (χ1v) is 20.8. The summed E-state index contributed by atoms with van der Waals surface area (Å²) in [4.78, 5) is 135. The molecular formula is C12H24N4Na7O18P6-5. The molecule has 0 unspecified atom stereocenters. The van der Waals surface area contributed by atoms with Crippen molar-refractivity contribution < 1.29 is 293 Å². The van der Waals surface area contributed by atoms with Gasteiger partial charge in [0, 0.05) is 77.0 Å². The Bertz CT molecular complexity index is 970. The standard InChI is InChI=1S/C12H36N4O18P6.7Na/c17-35(18,19)7-13(3-5-15(9-37(23,24)25)10-38(26,27)28)1-2-14(8-36(20,21)22)4-6-16(11-39(29,30)31)12-40(32,33)34;;;;;;;/h1-12H2,(H2,17,18,19)(H2,20,21,22)(H2,23,24,25)(H2,26,27,28)(H2,29,30,31)(H2,32,33,34);;;;;;;/q;7*+1/p-12. The second-order valence-electron chi connectivity index (χ2n) is 8.54. The van der Waals surface area contributed by atoms with E-state index in [0.717, 1.165) is 0 Å². The summed E-state index contributed by atoms with van der Waals surface area (Å²) in [6.45, 7) is -4.20. The van der Waals surface area contributed by atoms with Crippen LogP contribution in [0.2, 0.25) is 0 Å². The summed E-state index contributed by atoms with van der Waals surface area (Å²) < 4.78 is 66.7. The zero-order valence-electron chi connectivity index (χ0n) is 27.3. The zero-order valence-corrected chi connectivity index (χ0v) is 46.7. The smallest absolute Gasteiger partial charge is 0.810 e. The van der Waals surface area contributed by atoms with Crippen LogP contribution >= 0.6 is 45.6 Å². The van der Waals surface area contributed by atoms with Crippen molar-refractivity contribution in [2.24, 2.45) is 0 Å². The van der Waals surface area contributed by atoms with Crippen LogP contribution in [-0.4, -0.2) is 96.6 Å². The van der Waals surface area contributed by atoms with E-state index in [0.29, 0.717) is 19.6 Å². The van der Waals surface area contributed by atoms with Gasteiger partial charge >= 0.3 is 207 Å². The number of hydrogen-bond donors (Lipinski definition) is 0. The van der Waals surface area contributed by atoms with E-state index in [1.807, 2.05) is 0 Å². The van der Waals surface area contributed by atoms with Crippen molar-refractivity contribution in [3.63, 3.8) is 0 Å². The first kappa shape index (κ1) is 72.4. The van der Waals surface area contributed by atoms with Crippen LogP contribution < -0.4 is 266 Å². The zero-order chi connectivity index (χ0) is 31.8. The summed E-state index contributed by atoms with van der Waals surface area (Å²) in [5, 5.41) is 0. The van der Waals surface area contributed by atoms with E-state index in [1.54, 1.807) is 0 Å². The van der Waals surface area contributed by atoms with Crippen LogP contribution in [0.5, 0.6) is 0 Å². The first-order chi connectivity index (χ1) is 17.5. The van der Waals surface area contributed by atoms with Gasteiger partial charge < -0.3 is 86.1 Å². The summed E-state index contributed by atoms with van der Waals surface area (Å²) in [6, 6.07) is 0. The van der Waals surface area contributed by atoms with Crippen molar-refractivity contribution in [3.8, 4) is 0 Å². The Balaban J connectivity index is -0.000000362. The van der Waals surface area contributed by atoms with Crippen molar-refractivity contribution in [1.29, 1.82) is 0 Å². The van der Waals surface area contributed by atoms with Crippen LogP contribution in [0, 0.1) is 0 Å². The molecule has 0 saturated carbocycles. The molecule has 0 amide bonds. The van der Waals surface area contributed by atoms with E-state index in [4.69, 9.17) is 0 Å². The Morgan fingerprint density at radius 1 is 0.255 bits per heavy atom. The van der Waals surface area contributed by atoms with Crippen molar-refractivity contribution in [3.05, 3.63) is 0 Å². The number of rotatable bonds is 21. The van der Waals surface area contributed by atoms with E-state index in [2.05, 4.69) is 0 Å². The fourth-order valence-corrected chi connectivity index (χ4v) is 7.98. The third-order valence-electron chi connectivity index (χ3n) is 4.44. The van der Waals surface area contributed by atoms with Gasteiger partial charge in [0.15, 0.2) is 0 Å². The monoisotopic (exact) mass is 859 g/mol. The predicted octanol–water partition coefficient (Wildman–Crippen LogP) is -31.6. The molecule has 0 aromatic carbocycles. The van der Waals surface area contributed by atoms with Crippen LogP contribution in [0.25, 0.3) is 0 Å². The summed E-state index contributed by atoms with van der Waals surface area (Å²) in [6.07, 6.45) is -8.51. The second kappa shape index (κ2) is 32.6. The van der Waals surface area contributed by atoms with Gasteiger partial charge in [0.25, 0.3) is 0 Å². The van der Waals surface area contributed by atoms with Crippen LogP contribution in [0.4, 0.5) is 0 Å². The van der Waals surface area contributed by atoms with Gasteiger partial charge in [-0.2, -0.15) is 0 Å². The van der Waals surface area contributed by atoms with Crippen LogP contribution in [0.3, 0.4) is 0 Å². The maximum Gasteiger partial charge on any atom is 1.00 e. The molecule has 47 heavy (non-hydrogen) atoms. The third-order valence-corrected chi connectivity index (χ3v) is 8.92. The number of nitrogens with zero attached hydrogens (tertiary/aromatic N) is 4. The summed E-state index contributed by atoms with van der Waals surface area (Å²) in [7, 11) is -32.5. The maximum absolute atomic E-state index is 11.3. The first-order valence-electron chi connectivity index (χ1n) is 10.5. The minimum atomic E-state index is -5.42. The van der Waals surface area contributed by atoms with Gasteiger partial charge in [0.2, 0.25) is 0 Å². The second-order valence-corrected chi connectivity index (χ2v) is 17.6. The van der Waals surface area contributed by atoms with E-state index in [1.165, 1.54) is 0 Å². The summed E-state index contributed by atoms with van der Waals surface area (Å²) in [5.74, 6) is 0. The topological polar surface area (TPSA) is 392 Å². The Morgan fingerprint density at radius 3 is 0.489 bits per heavy atom. The molecule has 242 valence electrons. The molecule has 0 aliphatic heterocycles. The van der Waals surface area contributed by atoms with Crippen LogP contribution in [0.15, 0.2) is 0 Å². The molecule has 0 spiro atoms. The molecule has 0 aromatic rings. The largest absolute Gasteiger partial charge is 1.00 e. The molecule has 0 aliphatic rings. The predicted molar refractivity (Wildman–Crippen MR) is 111 cm³/mol. The van der Waals surface area contributed by atoms with Gasteiger partial charge in [-0.25, -0.2) is 0 Å². The molecule has 0 aliphatic carbocycles. The van der Waals surface area contributed by atoms with Crippen molar-refractivity contribution in [2.45, 2.75) is 0 Å². The molecule has 0 bridgehead atoms. The Morgan fingerprint density at radius 2 is 0.362 bits per heavy atom. The van der Waals surface area contributed by atoms with Gasteiger partial charge in [-0.1, -0.05) is 45.6 Å². The van der Waals surface area contributed by atoms with Crippen molar-refractivity contribution in [1.82, 2.24) is 19.6 Å². The molecule has 0 atom stereocenters. The molecule has 22 nitrogen and oxygen atoms in total. The molecule has 0 radical (unpaired) electrons. The van der Waals surface area contributed by atoms with E-state index in [-0.39, 0.29) is 207 Å². The minimum Gasteiger partial charge on any atom is -0.810 e. The molecule has 0 saturated heterocycles. The normalized spacial score (nSPS) is 12.5. The van der Waals surface area contributed by atoms with E-state index < -0.39 is 123 Å². The van der Waals surface area contributed by atoms with Crippen molar-refractivity contribution >= 4 is 45.6 Å². The van der Waals surface area contributed by atoms with E-state index >= 15 is 0 Å². The van der Waals surface area contributed by atoms with Gasteiger partial charge in [-0.05, 0) is 0 Å². The maximum atomic E-state index is 11.3. The Kier molecular flexibility index (Phi) is 50.2. The molecule has 0 aromatic heterocycles. The molecule has 0 N–H and O–H groups in total. The van der Waals surface area contributed by atoms with Crippen LogP contribution in [-0.2, 0) is 27.4 Å². The van der Waals surface area contributed by atoms with Crippen LogP contribution in [0.1, 0.15) is 0 Å². The Labute approximate surface area is 427 Å². The molecular weight excluding hydrogens is 835 g/mol.